The van der Waals surface area contributed by atoms with Gasteiger partial charge in [0.15, 0.2) is 5.78 Å². The number of para-hydroxylation sites is 1. The Kier molecular flexibility index (Phi) is 2.99. The van der Waals surface area contributed by atoms with Gasteiger partial charge >= 0.3 is 0 Å². The number of hydrogen-bond donors (Lipinski definition) is 0. The predicted molar refractivity (Wildman–Crippen MR) is 80.1 cm³/mol. The normalized spacial score (nSPS) is 11.1. The van der Waals surface area contributed by atoms with Crippen LogP contribution in [-0.2, 0) is 6.54 Å². The van der Waals surface area contributed by atoms with Crippen LogP contribution in [0.1, 0.15) is 20.1 Å². The van der Waals surface area contributed by atoms with E-state index in [1.807, 2.05) is 35.8 Å². The molecular formula is C16H15NOS. The number of nitrogens with zero attached hydrogens (tertiary/aromatic N) is 1. The lowest BCUT2D eigenvalue weighted by molar-refractivity contribution is 0.0977. The average Bonchev–Trinajstić information content (AvgIpc) is 2.96. The Morgan fingerprint density at radius 1 is 1.16 bits per heavy atom. The number of hydrogen-bond acceptors (Lipinski definition) is 2. The van der Waals surface area contributed by atoms with E-state index in [2.05, 4.69) is 25.3 Å². The van der Waals surface area contributed by atoms with Crippen molar-refractivity contribution in [3.05, 3.63) is 57.9 Å². The van der Waals surface area contributed by atoms with Crippen LogP contribution in [0.5, 0.6) is 0 Å². The monoisotopic (exact) mass is 269 g/mol. The maximum absolute atomic E-state index is 12.3. The van der Waals surface area contributed by atoms with Crippen molar-refractivity contribution in [2.24, 2.45) is 0 Å². The summed E-state index contributed by atoms with van der Waals surface area (Å²) in [5, 5.41) is 1.22. The predicted octanol–water partition coefficient (Wildman–Crippen LogP) is 4.20. The number of carbonyl (C=O) groups is 1. The molecule has 2 heterocycles. The molecule has 0 spiro atoms. The van der Waals surface area contributed by atoms with Gasteiger partial charge in [-0.1, -0.05) is 18.2 Å². The van der Waals surface area contributed by atoms with E-state index in [4.69, 9.17) is 0 Å². The second kappa shape index (κ2) is 4.67. The van der Waals surface area contributed by atoms with Gasteiger partial charge in [0.1, 0.15) is 0 Å². The zero-order chi connectivity index (χ0) is 13.4. The lowest BCUT2D eigenvalue weighted by Crippen LogP contribution is -2.07. The standard InChI is InChI=1S/C16H15NOS/c1-11-9-17(14-6-4-3-5-13(11)14)10-15(18)16-8-7-12(2)19-16/h3-9H,10H2,1-2H3. The molecule has 0 radical (unpaired) electrons. The van der Waals surface area contributed by atoms with Crippen molar-refractivity contribution in [2.75, 3.05) is 0 Å². The molecule has 0 aliphatic heterocycles. The third-order valence-electron chi connectivity index (χ3n) is 3.32. The van der Waals surface area contributed by atoms with Crippen molar-refractivity contribution in [3.63, 3.8) is 0 Å². The molecule has 0 aliphatic carbocycles. The Hall–Kier alpha value is -1.87. The van der Waals surface area contributed by atoms with Gasteiger partial charge in [-0.15, -0.1) is 11.3 Å². The second-order valence-electron chi connectivity index (χ2n) is 4.79. The lowest BCUT2D eigenvalue weighted by Gasteiger charge is -2.03. The van der Waals surface area contributed by atoms with E-state index in [0.29, 0.717) is 6.54 Å². The Morgan fingerprint density at radius 3 is 2.68 bits per heavy atom. The fourth-order valence-electron chi connectivity index (χ4n) is 2.38. The molecule has 96 valence electrons. The van der Waals surface area contributed by atoms with Gasteiger partial charge in [0.05, 0.1) is 11.4 Å². The number of Topliss-reactive ketones (excluding diaryl/α,β-unsaturated/α-hetero) is 1. The highest BCUT2D eigenvalue weighted by molar-refractivity contribution is 7.14. The van der Waals surface area contributed by atoms with Gasteiger partial charge in [0.2, 0.25) is 0 Å². The Morgan fingerprint density at radius 2 is 1.95 bits per heavy atom. The first-order valence-corrected chi connectivity index (χ1v) is 7.11. The van der Waals surface area contributed by atoms with Gasteiger partial charge in [-0.3, -0.25) is 4.79 Å². The van der Waals surface area contributed by atoms with Crippen molar-refractivity contribution in [3.8, 4) is 0 Å². The minimum absolute atomic E-state index is 0.179. The maximum Gasteiger partial charge on any atom is 0.192 e. The molecule has 3 aromatic rings. The van der Waals surface area contributed by atoms with Gasteiger partial charge in [-0.05, 0) is 37.6 Å². The number of aryl methyl sites for hydroxylation is 2. The summed E-state index contributed by atoms with van der Waals surface area (Å²) >= 11 is 1.56. The van der Waals surface area contributed by atoms with E-state index in [0.717, 1.165) is 10.4 Å². The van der Waals surface area contributed by atoms with Gasteiger partial charge in [-0.25, -0.2) is 0 Å². The third-order valence-corrected chi connectivity index (χ3v) is 4.36. The zero-order valence-corrected chi connectivity index (χ0v) is 11.8. The van der Waals surface area contributed by atoms with Crippen LogP contribution in [0.3, 0.4) is 0 Å². The molecule has 0 aliphatic rings. The number of benzene rings is 1. The molecule has 0 atom stereocenters. The smallest absolute Gasteiger partial charge is 0.192 e. The first-order valence-electron chi connectivity index (χ1n) is 6.29. The van der Waals surface area contributed by atoms with E-state index in [1.54, 1.807) is 11.3 Å². The number of fused-ring (bicyclic) bond motifs is 1. The van der Waals surface area contributed by atoms with E-state index < -0.39 is 0 Å². The van der Waals surface area contributed by atoms with Crippen LogP contribution in [0.25, 0.3) is 10.9 Å². The van der Waals surface area contributed by atoms with E-state index in [9.17, 15) is 4.79 Å². The Balaban J connectivity index is 1.95. The van der Waals surface area contributed by atoms with E-state index >= 15 is 0 Å². The molecule has 0 saturated heterocycles. The van der Waals surface area contributed by atoms with E-state index in [1.165, 1.54) is 15.8 Å². The van der Waals surface area contributed by atoms with Crippen LogP contribution in [0.2, 0.25) is 0 Å². The summed E-state index contributed by atoms with van der Waals surface area (Å²) < 4.78 is 2.04. The Labute approximate surface area is 116 Å². The molecule has 1 aromatic carbocycles. The molecule has 2 nitrogen and oxygen atoms in total. The summed E-state index contributed by atoms with van der Waals surface area (Å²) in [6, 6.07) is 12.1. The molecule has 0 bridgehead atoms. The summed E-state index contributed by atoms with van der Waals surface area (Å²) in [5.41, 5.74) is 2.34. The third kappa shape index (κ3) is 2.22. The molecule has 0 unspecified atom stereocenters. The number of thiophene rings is 1. The highest BCUT2D eigenvalue weighted by atomic mass is 32.1. The molecule has 2 aromatic heterocycles. The molecule has 3 heteroatoms. The molecule has 0 fully saturated rings. The van der Waals surface area contributed by atoms with Crippen molar-refractivity contribution < 1.29 is 4.79 Å². The van der Waals surface area contributed by atoms with Crippen molar-refractivity contribution >= 4 is 28.0 Å². The molecule has 0 saturated carbocycles. The van der Waals surface area contributed by atoms with Crippen molar-refractivity contribution in [2.45, 2.75) is 20.4 Å². The second-order valence-corrected chi connectivity index (χ2v) is 6.08. The summed E-state index contributed by atoms with van der Waals surface area (Å²) in [7, 11) is 0. The van der Waals surface area contributed by atoms with Crippen LogP contribution in [-0.4, -0.2) is 10.4 Å². The van der Waals surface area contributed by atoms with Crippen molar-refractivity contribution in [1.82, 2.24) is 4.57 Å². The van der Waals surface area contributed by atoms with Gasteiger partial charge in [0, 0.05) is 22.0 Å². The van der Waals surface area contributed by atoms with Gasteiger partial charge < -0.3 is 4.57 Å². The summed E-state index contributed by atoms with van der Waals surface area (Å²) in [6.07, 6.45) is 2.06. The fraction of sp³-hybridized carbons (Fsp3) is 0.188. The zero-order valence-electron chi connectivity index (χ0n) is 11.0. The molecule has 19 heavy (non-hydrogen) atoms. The van der Waals surface area contributed by atoms with E-state index in [-0.39, 0.29) is 5.78 Å². The summed E-state index contributed by atoms with van der Waals surface area (Å²) in [4.78, 5) is 14.3. The molecular weight excluding hydrogens is 254 g/mol. The van der Waals surface area contributed by atoms with Gasteiger partial charge in [-0.2, -0.15) is 0 Å². The van der Waals surface area contributed by atoms with Crippen LogP contribution >= 0.6 is 11.3 Å². The minimum atomic E-state index is 0.179. The van der Waals surface area contributed by atoms with Gasteiger partial charge in [0.25, 0.3) is 0 Å². The highest BCUT2D eigenvalue weighted by Gasteiger charge is 2.11. The van der Waals surface area contributed by atoms with Crippen LogP contribution in [0.15, 0.2) is 42.6 Å². The Bertz CT molecular complexity index is 751. The molecule has 0 N–H and O–H groups in total. The van der Waals surface area contributed by atoms with Crippen LogP contribution < -0.4 is 0 Å². The first-order chi connectivity index (χ1) is 9.15. The highest BCUT2D eigenvalue weighted by Crippen LogP contribution is 2.22. The first kappa shape index (κ1) is 12.2. The number of aromatic nitrogens is 1. The summed E-state index contributed by atoms with van der Waals surface area (Å²) in [5.74, 6) is 0.179. The fourth-order valence-corrected chi connectivity index (χ4v) is 3.18. The minimum Gasteiger partial charge on any atom is -0.339 e. The topological polar surface area (TPSA) is 22.0 Å². The van der Waals surface area contributed by atoms with Crippen LogP contribution in [0, 0.1) is 13.8 Å². The lowest BCUT2D eigenvalue weighted by atomic mass is 10.2. The SMILES string of the molecule is Cc1ccc(C(=O)Cn2cc(C)c3ccccc32)s1. The number of carbonyl (C=O) groups excluding carboxylic acids is 1. The van der Waals surface area contributed by atoms with Crippen molar-refractivity contribution in [1.29, 1.82) is 0 Å². The largest absolute Gasteiger partial charge is 0.339 e. The maximum atomic E-state index is 12.3. The summed E-state index contributed by atoms with van der Waals surface area (Å²) in [6.45, 7) is 4.52. The number of rotatable bonds is 3. The molecule has 0 amide bonds. The number of ketones is 1. The van der Waals surface area contributed by atoms with Crippen LogP contribution in [0.4, 0.5) is 0 Å². The average molecular weight is 269 g/mol. The quantitative estimate of drug-likeness (QED) is 0.653. The molecule has 3 rings (SSSR count).